The summed E-state index contributed by atoms with van der Waals surface area (Å²) in [7, 11) is 2.27. The highest BCUT2D eigenvalue weighted by atomic mass is 14.1. The van der Waals surface area contributed by atoms with E-state index in [4.69, 9.17) is 0 Å². The molecule has 0 saturated heterocycles. The zero-order chi connectivity index (χ0) is 7.49. The van der Waals surface area contributed by atoms with Crippen LogP contribution in [0, 0.1) is 5.41 Å². The maximum Gasteiger partial charge on any atom is 0.133 e. The molecule has 0 unspecified atom stereocenters. The summed E-state index contributed by atoms with van der Waals surface area (Å²) in [5.74, 6) is 0. The van der Waals surface area contributed by atoms with Gasteiger partial charge in [-0.2, -0.15) is 0 Å². The predicted octanol–water partition coefficient (Wildman–Crippen LogP) is 1.82. The van der Waals surface area contributed by atoms with Gasteiger partial charge in [-0.15, -0.1) is 0 Å². The summed E-state index contributed by atoms with van der Waals surface area (Å²) in [4.78, 5) is 0. The molecular weight excluding hydrogens is 106 g/mol. The van der Waals surface area contributed by atoms with E-state index in [0.717, 1.165) is 6.71 Å². The Kier molecular flexibility index (Phi) is 3.38. The molecule has 2 heteroatoms. The van der Waals surface area contributed by atoms with Gasteiger partial charge < -0.3 is 0 Å². The third-order valence-electron chi connectivity index (χ3n) is 1.92. The largest absolute Gasteiger partial charge is 0.133 e. The zero-order valence-electron chi connectivity index (χ0n) is 7.49. The second-order valence-electron chi connectivity index (χ2n) is 4.12. The summed E-state index contributed by atoms with van der Waals surface area (Å²) in [6.07, 6.45) is 2.65. The Morgan fingerprint density at radius 2 is 1.78 bits per heavy atom. The van der Waals surface area contributed by atoms with Crippen molar-refractivity contribution in [1.82, 2.24) is 0 Å². The second kappa shape index (κ2) is 3.34. The van der Waals surface area contributed by atoms with Crippen molar-refractivity contribution < 1.29 is 0 Å². The molecule has 0 heterocycles. The zero-order valence-corrected chi connectivity index (χ0v) is 7.49. The fraction of sp³-hybridized carbons (Fsp3) is 1.00. The average molecular weight is 124 g/mol. The van der Waals surface area contributed by atoms with Crippen LogP contribution >= 0.6 is 0 Å². The fourth-order valence-electron chi connectivity index (χ4n) is 1.25. The highest BCUT2D eigenvalue weighted by molar-refractivity contribution is 6.55. The molecule has 52 valence electrons. The van der Waals surface area contributed by atoms with Crippen LogP contribution in [0.1, 0.15) is 13.8 Å². The number of rotatable bonds is 3. The van der Waals surface area contributed by atoms with Gasteiger partial charge in [-0.05, 0) is 5.41 Å². The molecule has 0 N–H and O–H groups in total. The molecule has 0 aromatic heterocycles. The van der Waals surface area contributed by atoms with E-state index in [1.807, 2.05) is 0 Å². The normalized spacial score (nSPS) is 11.6. The molecule has 0 aliphatic rings. The van der Waals surface area contributed by atoms with Crippen molar-refractivity contribution in [1.29, 1.82) is 0 Å². The minimum atomic E-state index is 0.564. The van der Waals surface area contributed by atoms with Gasteiger partial charge in [-0.1, -0.05) is 40.1 Å². The quantitative estimate of drug-likeness (QED) is 0.503. The van der Waals surface area contributed by atoms with Gasteiger partial charge in [-0.3, -0.25) is 0 Å². The molecule has 0 fully saturated rings. The molecule has 0 aromatic carbocycles. The van der Waals surface area contributed by atoms with Crippen LogP contribution in [-0.4, -0.2) is 14.6 Å². The molecule has 0 amide bonds. The first-order chi connectivity index (χ1) is 3.98. The lowest BCUT2D eigenvalue weighted by molar-refractivity contribution is 0.465. The molecule has 0 atom stereocenters. The van der Waals surface area contributed by atoms with Gasteiger partial charge in [0.25, 0.3) is 0 Å². The van der Waals surface area contributed by atoms with E-state index < -0.39 is 0 Å². The van der Waals surface area contributed by atoms with Crippen LogP contribution in [0.4, 0.5) is 0 Å². The molecule has 0 bridgehead atoms. The van der Waals surface area contributed by atoms with Gasteiger partial charge in [0.15, 0.2) is 0 Å². The molecular formula is C7H18B2. The van der Waals surface area contributed by atoms with Gasteiger partial charge in [-0.25, -0.2) is 0 Å². The van der Waals surface area contributed by atoms with E-state index >= 15 is 0 Å². The van der Waals surface area contributed by atoms with Crippen molar-refractivity contribution in [3.05, 3.63) is 0 Å². The van der Waals surface area contributed by atoms with Gasteiger partial charge in [0.05, 0.1) is 0 Å². The molecule has 0 aromatic rings. The van der Waals surface area contributed by atoms with Crippen LogP contribution in [0.15, 0.2) is 0 Å². The SMILES string of the molecule is BCC(C)(C)CB(C)C. The lowest BCUT2D eigenvalue weighted by Gasteiger charge is -2.23. The molecule has 0 nitrogen and oxygen atoms in total. The minimum Gasteiger partial charge on any atom is -0.0863 e. The Bertz CT molecular complexity index is 77.0. The lowest BCUT2D eigenvalue weighted by Crippen LogP contribution is -2.17. The molecule has 0 saturated carbocycles. The van der Waals surface area contributed by atoms with Gasteiger partial charge in [0.2, 0.25) is 0 Å². The molecule has 0 radical (unpaired) electrons. The van der Waals surface area contributed by atoms with E-state index in [-0.39, 0.29) is 0 Å². The van der Waals surface area contributed by atoms with Gasteiger partial charge >= 0.3 is 0 Å². The highest BCUT2D eigenvalue weighted by Crippen LogP contribution is 2.26. The summed E-state index contributed by atoms with van der Waals surface area (Å²) in [6, 6.07) is 0. The summed E-state index contributed by atoms with van der Waals surface area (Å²) in [6.45, 7) is 10.1. The van der Waals surface area contributed by atoms with Crippen molar-refractivity contribution in [2.24, 2.45) is 5.41 Å². The van der Waals surface area contributed by atoms with Crippen molar-refractivity contribution in [3.63, 3.8) is 0 Å². The van der Waals surface area contributed by atoms with Crippen LogP contribution < -0.4 is 0 Å². The first-order valence-corrected chi connectivity index (χ1v) is 3.98. The monoisotopic (exact) mass is 124 g/mol. The average Bonchev–Trinajstić information content (AvgIpc) is 1.63. The van der Waals surface area contributed by atoms with Gasteiger partial charge in [0.1, 0.15) is 14.6 Å². The maximum atomic E-state index is 2.34. The van der Waals surface area contributed by atoms with Crippen LogP contribution in [0.25, 0.3) is 0 Å². The maximum absolute atomic E-state index is 2.34. The Labute approximate surface area is 60.9 Å². The van der Waals surface area contributed by atoms with Crippen LogP contribution in [-0.2, 0) is 0 Å². The highest BCUT2D eigenvalue weighted by Gasteiger charge is 2.17. The summed E-state index contributed by atoms with van der Waals surface area (Å²) in [5, 5.41) is 0. The first-order valence-electron chi connectivity index (χ1n) is 3.98. The molecule has 0 spiro atoms. The standard InChI is InChI=1S/C7H18B2/c1-7(2,5-8)6-9(3)4/h5-6,8H2,1-4H3. The van der Waals surface area contributed by atoms with E-state index in [1.54, 1.807) is 0 Å². The van der Waals surface area contributed by atoms with E-state index in [9.17, 15) is 0 Å². The number of hydrogen-bond donors (Lipinski definition) is 0. The molecule has 0 aliphatic carbocycles. The van der Waals surface area contributed by atoms with Crippen LogP contribution in [0.2, 0.25) is 26.3 Å². The minimum absolute atomic E-state index is 0.564. The Balaban J connectivity index is 3.58. The van der Waals surface area contributed by atoms with Crippen LogP contribution in [0.5, 0.6) is 0 Å². The Hall–Kier alpha value is 0.130. The predicted molar refractivity (Wildman–Crippen MR) is 49.4 cm³/mol. The van der Waals surface area contributed by atoms with E-state index in [0.29, 0.717) is 5.41 Å². The third kappa shape index (κ3) is 4.62. The van der Waals surface area contributed by atoms with Crippen molar-refractivity contribution in [2.45, 2.75) is 40.1 Å². The van der Waals surface area contributed by atoms with Crippen LogP contribution in [0.3, 0.4) is 0 Å². The molecule has 0 rings (SSSR count). The topological polar surface area (TPSA) is 0 Å². The van der Waals surface area contributed by atoms with E-state index in [2.05, 4.69) is 35.3 Å². The van der Waals surface area contributed by atoms with E-state index in [1.165, 1.54) is 12.6 Å². The van der Waals surface area contributed by atoms with Crippen molar-refractivity contribution in [2.75, 3.05) is 0 Å². The second-order valence-corrected chi connectivity index (χ2v) is 4.12. The number of hydrogen-bond acceptors (Lipinski definition) is 0. The smallest absolute Gasteiger partial charge is 0.0863 e. The van der Waals surface area contributed by atoms with Gasteiger partial charge in [0, 0.05) is 0 Å². The molecule has 9 heavy (non-hydrogen) atoms. The first kappa shape index (κ1) is 9.13. The molecule has 0 aliphatic heterocycles. The summed E-state index contributed by atoms with van der Waals surface area (Å²) >= 11 is 0. The lowest BCUT2D eigenvalue weighted by atomic mass is 9.46. The summed E-state index contributed by atoms with van der Waals surface area (Å²) < 4.78 is 0. The summed E-state index contributed by atoms with van der Waals surface area (Å²) in [5.41, 5.74) is 0.564. The fourth-order valence-corrected chi connectivity index (χ4v) is 1.25. The van der Waals surface area contributed by atoms with Crippen molar-refractivity contribution >= 4 is 14.6 Å². The van der Waals surface area contributed by atoms with Crippen molar-refractivity contribution in [3.8, 4) is 0 Å². The Morgan fingerprint density at radius 3 is 1.89 bits per heavy atom. The third-order valence-corrected chi connectivity index (χ3v) is 1.92. The Morgan fingerprint density at radius 1 is 1.33 bits per heavy atom.